The molecule has 0 aliphatic carbocycles. The highest BCUT2D eigenvalue weighted by Crippen LogP contribution is 2.30. The molecule has 0 atom stereocenters. The van der Waals surface area contributed by atoms with E-state index in [9.17, 15) is 0 Å². The zero-order valence-corrected chi connectivity index (χ0v) is 19.0. The molecule has 1 aliphatic rings. The first-order valence-electron chi connectivity index (χ1n) is 10.3. The normalized spacial score (nSPS) is 13.8. The minimum absolute atomic E-state index is 0.670. The van der Waals surface area contributed by atoms with Crippen molar-refractivity contribution in [3.8, 4) is 0 Å². The lowest BCUT2D eigenvalue weighted by molar-refractivity contribution is 0.689. The van der Waals surface area contributed by atoms with Crippen LogP contribution in [0.3, 0.4) is 0 Å². The summed E-state index contributed by atoms with van der Waals surface area (Å²) in [6, 6.07) is 4.57. The molecule has 2 aromatic heterocycles. The van der Waals surface area contributed by atoms with Crippen LogP contribution >= 0.6 is 22.7 Å². The fourth-order valence-electron chi connectivity index (χ4n) is 3.50. The molecule has 0 amide bonds. The van der Waals surface area contributed by atoms with Crippen LogP contribution in [0.2, 0.25) is 0 Å². The number of nitrogens with two attached hydrogens (primary N) is 2. The van der Waals surface area contributed by atoms with E-state index in [0.717, 1.165) is 56.9 Å². The van der Waals surface area contributed by atoms with E-state index in [1.54, 1.807) is 0 Å². The van der Waals surface area contributed by atoms with Crippen molar-refractivity contribution >= 4 is 34.1 Å². The molecule has 8 heteroatoms. The highest BCUT2D eigenvalue weighted by molar-refractivity contribution is 7.15. The van der Waals surface area contributed by atoms with Gasteiger partial charge in [-0.05, 0) is 63.0 Å². The summed E-state index contributed by atoms with van der Waals surface area (Å²) in [7, 11) is 0. The topological polar surface area (TPSA) is 101 Å². The van der Waals surface area contributed by atoms with E-state index < -0.39 is 0 Å². The van der Waals surface area contributed by atoms with Crippen LogP contribution in [-0.2, 0) is 12.8 Å². The van der Waals surface area contributed by atoms with Gasteiger partial charge in [0.05, 0.1) is 21.2 Å². The molecular formula is C21H32N6S2. The van der Waals surface area contributed by atoms with Gasteiger partial charge in [-0.1, -0.05) is 0 Å². The number of nitrogens with one attached hydrogen (secondary N) is 2. The fraction of sp³-hybridized carbons (Fsp3) is 0.524. The first kappa shape index (κ1) is 22.3. The second-order valence-electron chi connectivity index (χ2n) is 7.27. The zero-order valence-electron chi connectivity index (χ0n) is 17.4. The Morgan fingerprint density at radius 2 is 1.24 bits per heavy atom. The van der Waals surface area contributed by atoms with Gasteiger partial charge >= 0.3 is 0 Å². The molecule has 0 fully saturated rings. The quantitative estimate of drug-likeness (QED) is 0.386. The third kappa shape index (κ3) is 6.04. The Hall–Kier alpha value is -1.42. The lowest BCUT2D eigenvalue weighted by Crippen LogP contribution is -2.24. The monoisotopic (exact) mass is 432 g/mol. The minimum Gasteiger partial charge on any atom is -0.329 e. The average Bonchev–Trinajstić information content (AvgIpc) is 3.40. The second kappa shape index (κ2) is 11.1. The van der Waals surface area contributed by atoms with Gasteiger partial charge in [-0.2, -0.15) is 10.2 Å². The number of hydrogen-bond acceptors (Lipinski definition) is 8. The van der Waals surface area contributed by atoms with Crippen LogP contribution in [0.5, 0.6) is 0 Å². The standard InChI is InChI=1S/C21H32N6S2/c1-14-11-16(3-7-24-9-5-22)20(28-14)18-13-19(27-26-18)21-17(12-15(2)29-21)4-8-25-10-6-23/h11-12,24-25H,3-10,13,22-23H2,1-2H3. The van der Waals surface area contributed by atoms with Crippen molar-refractivity contribution in [3.05, 3.63) is 42.8 Å². The molecule has 29 heavy (non-hydrogen) atoms. The number of nitrogens with zero attached hydrogens (tertiary/aromatic N) is 2. The summed E-state index contributed by atoms with van der Waals surface area (Å²) in [5, 5.41) is 15.9. The Bertz CT molecular complexity index is 794. The molecule has 0 saturated heterocycles. The van der Waals surface area contributed by atoms with Gasteiger partial charge < -0.3 is 22.1 Å². The summed E-state index contributed by atoms with van der Waals surface area (Å²) in [5.41, 5.74) is 16.1. The molecule has 0 bridgehead atoms. The molecule has 0 aromatic carbocycles. The number of thiophene rings is 2. The van der Waals surface area contributed by atoms with Gasteiger partial charge in [0.2, 0.25) is 0 Å². The van der Waals surface area contributed by atoms with Crippen LogP contribution in [0.4, 0.5) is 0 Å². The number of aryl methyl sites for hydroxylation is 2. The van der Waals surface area contributed by atoms with E-state index in [2.05, 4.69) is 46.8 Å². The highest BCUT2D eigenvalue weighted by atomic mass is 32.1. The van der Waals surface area contributed by atoms with Gasteiger partial charge in [0.25, 0.3) is 0 Å². The Morgan fingerprint density at radius 3 is 1.66 bits per heavy atom. The summed E-state index contributed by atoms with van der Waals surface area (Å²) in [5.74, 6) is 0. The Labute approximate surface area is 181 Å². The van der Waals surface area contributed by atoms with Gasteiger partial charge in [-0.15, -0.1) is 22.7 Å². The van der Waals surface area contributed by atoms with Gasteiger partial charge in [0, 0.05) is 42.4 Å². The van der Waals surface area contributed by atoms with Crippen LogP contribution in [0.15, 0.2) is 22.3 Å². The SMILES string of the molecule is Cc1cc(CCNCCN)c(C2=NN=C(c3sc(C)cc3CCNCCN)C2)s1. The van der Waals surface area contributed by atoms with E-state index in [0.29, 0.717) is 13.1 Å². The van der Waals surface area contributed by atoms with Crippen molar-refractivity contribution in [1.82, 2.24) is 10.6 Å². The second-order valence-corrected chi connectivity index (χ2v) is 9.78. The lowest BCUT2D eigenvalue weighted by atomic mass is 10.0. The summed E-state index contributed by atoms with van der Waals surface area (Å²) in [4.78, 5) is 5.22. The fourth-order valence-corrected chi connectivity index (χ4v) is 5.59. The maximum absolute atomic E-state index is 5.57. The van der Waals surface area contributed by atoms with Crippen molar-refractivity contribution in [2.45, 2.75) is 33.1 Å². The molecule has 6 nitrogen and oxygen atoms in total. The lowest BCUT2D eigenvalue weighted by Gasteiger charge is -2.06. The van der Waals surface area contributed by atoms with Crippen LogP contribution in [0.1, 0.15) is 37.1 Å². The van der Waals surface area contributed by atoms with E-state index >= 15 is 0 Å². The smallest absolute Gasteiger partial charge is 0.0865 e. The minimum atomic E-state index is 0.670. The van der Waals surface area contributed by atoms with Crippen LogP contribution < -0.4 is 22.1 Å². The van der Waals surface area contributed by atoms with Crippen LogP contribution in [0.25, 0.3) is 0 Å². The van der Waals surface area contributed by atoms with Crippen LogP contribution in [0, 0.1) is 13.8 Å². The summed E-state index contributed by atoms with van der Waals surface area (Å²) >= 11 is 3.65. The number of rotatable bonds is 12. The Balaban J connectivity index is 1.66. The first-order chi connectivity index (χ1) is 14.1. The largest absolute Gasteiger partial charge is 0.329 e. The molecule has 6 N–H and O–H groups in total. The van der Waals surface area contributed by atoms with Crippen molar-refractivity contribution in [2.24, 2.45) is 21.7 Å². The van der Waals surface area contributed by atoms with Gasteiger partial charge in [0.1, 0.15) is 0 Å². The van der Waals surface area contributed by atoms with Gasteiger partial charge in [-0.25, -0.2) is 0 Å². The van der Waals surface area contributed by atoms with Gasteiger partial charge in [-0.3, -0.25) is 0 Å². The molecule has 0 saturated carbocycles. The molecule has 1 aliphatic heterocycles. The molecule has 3 heterocycles. The summed E-state index contributed by atoms with van der Waals surface area (Å²) in [6.07, 6.45) is 2.79. The predicted molar refractivity (Wildman–Crippen MR) is 127 cm³/mol. The van der Waals surface area contributed by atoms with E-state index in [1.807, 2.05) is 22.7 Å². The summed E-state index contributed by atoms with van der Waals surface area (Å²) in [6.45, 7) is 9.25. The average molecular weight is 433 g/mol. The molecule has 0 spiro atoms. The van der Waals surface area contributed by atoms with Crippen LogP contribution in [-0.4, -0.2) is 50.7 Å². The summed E-state index contributed by atoms with van der Waals surface area (Å²) < 4.78 is 0. The Morgan fingerprint density at radius 1 is 0.793 bits per heavy atom. The highest BCUT2D eigenvalue weighted by Gasteiger charge is 2.23. The molecule has 3 rings (SSSR count). The van der Waals surface area contributed by atoms with Crippen molar-refractivity contribution in [2.75, 3.05) is 39.3 Å². The molecule has 0 unspecified atom stereocenters. The third-order valence-corrected chi connectivity index (χ3v) is 7.08. The predicted octanol–water partition coefficient (Wildman–Crippen LogP) is 2.21. The van der Waals surface area contributed by atoms with Crippen molar-refractivity contribution < 1.29 is 0 Å². The van der Waals surface area contributed by atoms with Crippen molar-refractivity contribution in [3.63, 3.8) is 0 Å². The van der Waals surface area contributed by atoms with E-state index in [4.69, 9.17) is 11.5 Å². The van der Waals surface area contributed by atoms with E-state index in [-0.39, 0.29) is 0 Å². The van der Waals surface area contributed by atoms with Crippen molar-refractivity contribution in [1.29, 1.82) is 0 Å². The third-order valence-electron chi connectivity index (χ3n) is 4.80. The Kier molecular flexibility index (Phi) is 8.53. The molecule has 2 aromatic rings. The molecule has 158 valence electrons. The first-order valence-corrected chi connectivity index (χ1v) is 11.9. The maximum atomic E-state index is 5.57. The number of hydrogen-bond donors (Lipinski definition) is 4. The molecule has 0 radical (unpaired) electrons. The van der Waals surface area contributed by atoms with Gasteiger partial charge in [0.15, 0.2) is 0 Å². The van der Waals surface area contributed by atoms with E-state index in [1.165, 1.54) is 30.6 Å². The maximum Gasteiger partial charge on any atom is 0.0865 e. The zero-order chi connectivity index (χ0) is 20.6. The molecular weight excluding hydrogens is 400 g/mol.